The van der Waals surface area contributed by atoms with E-state index in [4.69, 9.17) is 23.7 Å². The minimum Gasteiger partial charge on any atom is -0.497 e. The van der Waals surface area contributed by atoms with Gasteiger partial charge in [0.15, 0.2) is 17.3 Å². The Balaban J connectivity index is 1.28. The first-order chi connectivity index (χ1) is 19.9. The number of hydrogen-bond donors (Lipinski definition) is 2. The lowest BCUT2D eigenvalue weighted by atomic mass is 9.92. The van der Waals surface area contributed by atoms with Crippen LogP contribution >= 0.6 is 0 Å². The van der Waals surface area contributed by atoms with Crippen molar-refractivity contribution in [3.8, 4) is 17.2 Å². The van der Waals surface area contributed by atoms with Gasteiger partial charge in [-0.3, -0.25) is 4.79 Å². The predicted molar refractivity (Wildman–Crippen MR) is 148 cm³/mol. The molecule has 0 aromatic heterocycles. The summed E-state index contributed by atoms with van der Waals surface area (Å²) in [5.41, 5.74) is 0.918. The van der Waals surface area contributed by atoms with Crippen LogP contribution in [-0.2, 0) is 24.3 Å². The lowest BCUT2D eigenvalue weighted by molar-refractivity contribution is -0.146. The Hall–Kier alpha value is -3.32. The molecular formula is C29H36N2O9S. The summed E-state index contributed by atoms with van der Waals surface area (Å²) in [4.78, 5) is 13.2. The fraction of sp³-hybridized carbons (Fsp3) is 0.483. The number of hydrogen-bond acceptors (Lipinski definition) is 9. The van der Waals surface area contributed by atoms with Crippen LogP contribution in [0, 0.1) is 0 Å². The summed E-state index contributed by atoms with van der Waals surface area (Å²) in [6, 6.07) is 11.8. The Morgan fingerprint density at radius 3 is 2.56 bits per heavy atom. The molecule has 222 valence electrons. The first-order valence-corrected chi connectivity index (χ1v) is 15.3. The fourth-order valence-corrected chi connectivity index (χ4v) is 6.68. The molecule has 2 heterocycles. The van der Waals surface area contributed by atoms with Crippen LogP contribution in [0.25, 0.3) is 0 Å². The maximum Gasteiger partial charge on any atom is 0.286 e. The molecule has 1 fully saturated rings. The van der Waals surface area contributed by atoms with E-state index >= 15 is 0 Å². The second kappa shape index (κ2) is 13.1. The van der Waals surface area contributed by atoms with Crippen LogP contribution in [0.2, 0.25) is 0 Å². The second-order valence-corrected chi connectivity index (χ2v) is 12.1. The van der Waals surface area contributed by atoms with Crippen LogP contribution < -0.4 is 19.5 Å². The van der Waals surface area contributed by atoms with E-state index in [0.717, 1.165) is 35.6 Å². The van der Waals surface area contributed by atoms with Crippen molar-refractivity contribution in [3.63, 3.8) is 0 Å². The van der Waals surface area contributed by atoms with Crippen molar-refractivity contribution in [2.75, 3.05) is 40.2 Å². The van der Waals surface area contributed by atoms with E-state index < -0.39 is 16.3 Å². The molecule has 3 aliphatic rings. The summed E-state index contributed by atoms with van der Waals surface area (Å²) < 4.78 is 55.7. The van der Waals surface area contributed by atoms with Crippen molar-refractivity contribution in [2.24, 2.45) is 0 Å². The Labute approximate surface area is 240 Å². The van der Waals surface area contributed by atoms with E-state index in [2.05, 4.69) is 5.32 Å². The number of nitrogens with zero attached hydrogens (tertiary/aromatic N) is 1. The van der Waals surface area contributed by atoms with Gasteiger partial charge in [-0.25, -0.2) is 8.42 Å². The zero-order valence-electron chi connectivity index (χ0n) is 23.0. The Morgan fingerprint density at radius 2 is 1.83 bits per heavy atom. The molecule has 5 rings (SSSR count). The van der Waals surface area contributed by atoms with Gasteiger partial charge in [-0.1, -0.05) is 18.9 Å². The van der Waals surface area contributed by atoms with Gasteiger partial charge in [0.2, 0.25) is 23.1 Å². The molecule has 41 heavy (non-hydrogen) atoms. The van der Waals surface area contributed by atoms with Gasteiger partial charge in [-0.15, -0.1) is 0 Å². The highest BCUT2D eigenvalue weighted by atomic mass is 32.2. The number of methoxy groups -OCH3 is 1. The topological polar surface area (TPSA) is 133 Å². The molecule has 0 spiro atoms. The van der Waals surface area contributed by atoms with Crippen LogP contribution in [0.5, 0.6) is 17.2 Å². The lowest BCUT2D eigenvalue weighted by Crippen LogP contribution is -2.39. The Kier molecular flexibility index (Phi) is 9.33. The highest BCUT2D eigenvalue weighted by Crippen LogP contribution is 2.38. The average Bonchev–Trinajstić information content (AvgIpc) is 3.68. The van der Waals surface area contributed by atoms with E-state index in [1.807, 2.05) is 18.2 Å². The first kappa shape index (κ1) is 29.2. The minimum absolute atomic E-state index is 0.00850. The molecule has 0 radical (unpaired) electrons. The standard InChI is InChI=1S/C29H36N2O9S/c1-36-23-7-9-24(10-8-23)41(34,35)31(12-14-32)13-15-37-28-18-21(20-6-11-25-26(16-20)39-19-38-25)17-27(40-28)29(33)30-22-4-2-3-5-22/h6-11,16-17,21-22,28,32H,2-5,12-15,18-19H2,1H3,(H,30,33)/t21-,28+/m0/s1. The molecule has 2 N–H and O–H groups in total. The Morgan fingerprint density at radius 1 is 1.07 bits per heavy atom. The van der Waals surface area contributed by atoms with Crippen LogP contribution in [0.3, 0.4) is 0 Å². The number of amides is 1. The molecule has 2 aromatic carbocycles. The van der Waals surface area contributed by atoms with Crippen LogP contribution in [0.4, 0.5) is 0 Å². The maximum absolute atomic E-state index is 13.2. The number of allylic oxidation sites excluding steroid dienone is 1. The van der Waals surface area contributed by atoms with Gasteiger partial charge in [-0.05, 0) is 60.9 Å². The molecule has 1 amide bonds. The van der Waals surface area contributed by atoms with E-state index in [0.29, 0.717) is 23.7 Å². The number of carbonyl (C=O) groups excluding carboxylic acids is 1. The average molecular weight is 589 g/mol. The van der Waals surface area contributed by atoms with E-state index in [1.165, 1.54) is 19.2 Å². The molecule has 1 aliphatic carbocycles. The number of aliphatic hydroxyl groups is 1. The van der Waals surface area contributed by atoms with E-state index in [-0.39, 0.29) is 61.6 Å². The monoisotopic (exact) mass is 588 g/mol. The molecule has 2 atom stereocenters. The second-order valence-electron chi connectivity index (χ2n) is 10.2. The van der Waals surface area contributed by atoms with Crippen molar-refractivity contribution in [3.05, 3.63) is 59.9 Å². The van der Waals surface area contributed by atoms with Gasteiger partial charge in [0, 0.05) is 31.5 Å². The Bertz CT molecular complexity index is 1340. The molecule has 0 bridgehead atoms. The molecule has 0 unspecified atom stereocenters. The van der Waals surface area contributed by atoms with Gasteiger partial charge in [0.05, 0.1) is 25.2 Å². The van der Waals surface area contributed by atoms with Crippen LogP contribution in [-0.4, -0.2) is 76.3 Å². The maximum atomic E-state index is 13.2. The minimum atomic E-state index is -3.89. The molecule has 2 aromatic rings. The molecular weight excluding hydrogens is 552 g/mol. The quantitative estimate of drug-likeness (QED) is 0.384. The fourth-order valence-electron chi connectivity index (χ4n) is 5.27. The lowest BCUT2D eigenvalue weighted by Gasteiger charge is -2.30. The van der Waals surface area contributed by atoms with Gasteiger partial charge in [0.1, 0.15) is 5.75 Å². The molecule has 12 heteroatoms. The highest BCUT2D eigenvalue weighted by molar-refractivity contribution is 7.89. The molecule has 11 nitrogen and oxygen atoms in total. The van der Waals surface area contributed by atoms with Gasteiger partial charge >= 0.3 is 0 Å². The predicted octanol–water partition coefficient (Wildman–Crippen LogP) is 2.90. The summed E-state index contributed by atoms with van der Waals surface area (Å²) in [5.74, 6) is 1.52. The molecule has 1 saturated carbocycles. The number of sulfonamides is 1. The zero-order chi connectivity index (χ0) is 28.8. The summed E-state index contributed by atoms with van der Waals surface area (Å²) in [6.45, 7) is -0.317. The van der Waals surface area contributed by atoms with Crippen molar-refractivity contribution >= 4 is 15.9 Å². The normalized spacial score (nSPS) is 20.5. The first-order valence-electron chi connectivity index (χ1n) is 13.8. The summed E-state index contributed by atoms with van der Waals surface area (Å²) in [6.07, 6.45) is 5.46. The van der Waals surface area contributed by atoms with E-state index in [1.54, 1.807) is 18.2 Å². The number of benzene rings is 2. The summed E-state index contributed by atoms with van der Waals surface area (Å²) in [7, 11) is -2.39. The third-order valence-electron chi connectivity index (χ3n) is 7.49. The van der Waals surface area contributed by atoms with E-state index in [9.17, 15) is 18.3 Å². The van der Waals surface area contributed by atoms with Crippen LogP contribution in [0.15, 0.2) is 59.2 Å². The number of carbonyl (C=O) groups is 1. The summed E-state index contributed by atoms with van der Waals surface area (Å²) in [5, 5.41) is 12.6. The van der Waals surface area contributed by atoms with Gasteiger partial charge in [-0.2, -0.15) is 4.31 Å². The number of nitrogens with one attached hydrogen (secondary N) is 1. The number of fused-ring (bicyclic) bond motifs is 1. The van der Waals surface area contributed by atoms with Gasteiger partial charge in [0.25, 0.3) is 5.91 Å². The third kappa shape index (κ3) is 6.95. The largest absolute Gasteiger partial charge is 0.497 e. The molecule has 2 aliphatic heterocycles. The van der Waals surface area contributed by atoms with Crippen molar-refractivity contribution < 1.29 is 42.0 Å². The third-order valence-corrected chi connectivity index (χ3v) is 9.40. The number of rotatable bonds is 12. The van der Waals surface area contributed by atoms with Crippen molar-refractivity contribution in [2.45, 2.75) is 55.2 Å². The smallest absolute Gasteiger partial charge is 0.286 e. The van der Waals surface area contributed by atoms with Crippen molar-refractivity contribution in [1.82, 2.24) is 9.62 Å². The number of aliphatic hydroxyl groups excluding tert-OH is 1. The van der Waals surface area contributed by atoms with Crippen molar-refractivity contribution in [1.29, 1.82) is 0 Å². The van der Waals surface area contributed by atoms with Gasteiger partial charge < -0.3 is 34.1 Å². The zero-order valence-corrected chi connectivity index (χ0v) is 23.8. The number of ether oxygens (including phenoxy) is 5. The SMILES string of the molecule is COc1ccc(S(=O)(=O)N(CCO)CCO[C@H]2C[C@@H](c3ccc4c(c3)OCO4)C=C(C(=O)NC3CCCC3)O2)cc1. The summed E-state index contributed by atoms with van der Waals surface area (Å²) >= 11 is 0. The van der Waals surface area contributed by atoms with Crippen LogP contribution in [0.1, 0.15) is 43.6 Å². The molecule has 0 saturated heterocycles. The highest BCUT2D eigenvalue weighted by Gasteiger charge is 2.32.